The third-order valence-corrected chi connectivity index (χ3v) is 11.5. The fraction of sp³-hybridized carbons (Fsp3) is 0.650. The number of halogens is 17. The molecule has 1 aliphatic heterocycles. The largest absolute Gasteiger partial charge is 0.460 e. The number of rotatable bonds is 12. The first-order valence-electron chi connectivity index (χ1n) is 10.9. The van der Waals surface area contributed by atoms with Crippen molar-refractivity contribution in [2.24, 2.45) is 0 Å². The van der Waals surface area contributed by atoms with Gasteiger partial charge in [0.25, 0.3) is 0 Å². The molecule has 0 N–H and O–H groups in total. The Bertz CT molecular complexity index is 1300. The van der Waals surface area contributed by atoms with Crippen LogP contribution in [0.4, 0.5) is 74.6 Å². The first-order chi connectivity index (χ1) is 18.9. The highest BCUT2D eigenvalue weighted by Crippen LogP contribution is 2.66. The molecule has 1 aliphatic rings. The zero-order valence-corrected chi connectivity index (χ0v) is 21.9. The monoisotopic (exact) mass is 706 g/mol. The third kappa shape index (κ3) is 5.43. The summed E-state index contributed by atoms with van der Waals surface area (Å²) in [6, 6.07) is 6.87. The number of alkyl halides is 17. The Labute approximate surface area is 231 Å². The second-order valence-corrected chi connectivity index (χ2v) is 13.8. The molecule has 1 aromatic carbocycles. The van der Waals surface area contributed by atoms with Crippen molar-refractivity contribution in [3.05, 3.63) is 35.9 Å². The van der Waals surface area contributed by atoms with Crippen molar-refractivity contribution in [1.29, 1.82) is 0 Å². The Hall–Kier alpha value is -2.04. The molecule has 0 aromatic heterocycles. The topological polar surface area (TPSA) is 60.4 Å². The highest BCUT2D eigenvalue weighted by atomic mass is 32.3. The normalized spacial score (nSPS) is 22.0. The zero-order valence-electron chi connectivity index (χ0n) is 20.3. The van der Waals surface area contributed by atoms with Crippen LogP contribution in [0, 0.1) is 0 Å². The summed E-state index contributed by atoms with van der Waals surface area (Å²) in [5.74, 6) is -53.9. The highest BCUT2D eigenvalue weighted by molar-refractivity contribution is 8.44. The van der Waals surface area contributed by atoms with Gasteiger partial charge in [-0.3, -0.25) is 4.79 Å². The van der Waals surface area contributed by atoms with Crippen LogP contribution in [0.25, 0.3) is 0 Å². The van der Waals surface area contributed by atoms with Crippen molar-refractivity contribution in [2.75, 3.05) is 11.5 Å². The van der Waals surface area contributed by atoms with Gasteiger partial charge < -0.3 is 0 Å². The van der Waals surface area contributed by atoms with Crippen LogP contribution < -0.4 is 0 Å². The van der Waals surface area contributed by atoms with Crippen LogP contribution in [0.5, 0.6) is 0 Å². The maximum atomic E-state index is 14.5. The van der Waals surface area contributed by atoms with E-state index in [0.29, 0.717) is 0 Å². The molecule has 1 fully saturated rings. The number of carbonyl (C=O) groups is 1. The Morgan fingerprint density at radius 1 is 0.651 bits per heavy atom. The van der Waals surface area contributed by atoms with Gasteiger partial charge in [0.15, 0.2) is 5.12 Å². The number of benzene rings is 1. The van der Waals surface area contributed by atoms with Gasteiger partial charge in [-0.1, -0.05) is 40.6 Å². The van der Waals surface area contributed by atoms with Gasteiger partial charge in [-0.05, 0) is 18.4 Å². The standard InChI is InChI=1S/C20H15F17O4S2/c21-13(22,15(25,26)17(29,30)19(33,34)35)14(23,24)16(27,28)18(31,32)20(36,37)43(39,40)41-42(9-4-7-12(42)38)10-8-11-5-2-1-3-6-11/h1-3,5-6H,4,7-10H2. The minimum atomic E-state index is -8.94. The summed E-state index contributed by atoms with van der Waals surface area (Å²) in [6.07, 6.45) is -9.34. The molecule has 1 atom stereocenters. The van der Waals surface area contributed by atoms with E-state index in [0.717, 1.165) is 0 Å². The van der Waals surface area contributed by atoms with Crippen molar-refractivity contribution in [1.82, 2.24) is 0 Å². The van der Waals surface area contributed by atoms with Crippen LogP contribution in [0.1, 0.15) is 18.4 Å². The fourth-order valence-electron chi connectivity index (χ4n) is 3.52. The molecular weight excluding hydrogens is 691 g/mol. The van der Waals surface area contributed by atoms with E-state index in [9.17, 15) is 87.8 Å². The highest BCUT2D eigenvalue weighted by Gasteiger charge is 2.96. The molecule has 250 valence electrons. The maximum Gasteiger partial charge on any atom is 0.460 e. The molecule has 1 saturated heterocycles. The molecule has 0 bridgehead atoms. The lowest BCUT2D eigenvalue weighted by Gasteiger charge is -2.42. The predicted octanol–water partition coefficient (Wildman–Crippen LogP) is 7.58. The van der Waals surface area contributed by atoms with Gasteiger partial charge in [-0.25, -0.2) is 3.63 Å². The van der Waals surface area contributed by atoms with Crippen molar-refractivity contribution in [2.45, 2.75) is 66.2 Å². The quantitative estimate of drug-likeness (QED) is 0.211. The van der Waals surface area contributed by atoms with Gasteiger partial charge in [-0.15, -0.1) is 0 Å². The number of carbonyl (C=O) groups excluding carboxylic acids is 1. The van der Waals surface area contributed by atoms with E-state index in [1.165, 1.54) is 30.3 Å². The lowest BCUT2D eigenvalue weighted by Crippen LogP contribution is -2.75. The first kappa shape index (κ1) is 37.1. The van der Waals surface area contributed by atoms with Crippen LogP contribution in [-0.4, -0.2) is 72.0 Å². The third-order valence-electron chi connectivity index (χ3n) is 6.06. The summed E-state index contributed by atoms with van der Waals surface area (Å²) in [6.45, 7) is 0. The van der Waals surface area contributed by atoms with Crippen molar-refractivity contribution in [3.8, 4) is 0 Å². The first-order valence-corrected chi connectivity index (χ1v) is 14.2. The molecular formula is C20H15F17O4S2. The molecule has 1 heterocycles. The summed E-state index contributed by atoms with van der Waals surface area (Å²) >= 11 is 0. The van der Waals surface area contributed by atoms with Crippen molar-refractivity contribution >= 4 is 25.5 Å². The Morgan fingerprint density at radius 2 is 1.07 bits per heavy atom. The molecule has 0 amide bonds. The summed E-state index contributed by atoms with van der Waals surface area (Å²) < 4.78 is 258. The molecule has 4 nitrogen and oxygen atoms in total. The Kier molecular flexibility index (Phi) is 9.33. The van der Waals surface area contributed by atoms with E-state index in [-0.39, 0.29) is 12.0 Å². The predicted molar refractivity (Wildman–Crippen MR) is 112 cm³/mol. The molecule has 1 aromatic rings. The molecule has 0 spiro atoms. The second-order valence-electron chi connectivity index (χ2n) is 8.91. The minimum Gasteiger partial charge on any atom is -0.287 e. The van der Waals surface area contributed by atoms with Crippen LogP contribution in [0.2, 0.25) is 0 Å². The fourth-order valence-corrected chi connectivity index (χ4v) is 8.87. The Morgan fingerprint density at radius 3 is 1.47 bits per heavy atom. The van der Waals surface area contributed by atoms with Gasteiger partial charge in [0, 0.05) is 17.9 Å². The van der Waals surface area contributed by atoms with Gasteiger partial charge in [0.05, 0.1) is 0 Å². The molecule has 43 heavy (non-hydrogen) atoms. The summed E-state index contributed by atoms with van der Waals surface area (Å²) in [4.78, 5) is 12.3. The molecule has 0 aliphatic carbocycles. The van der Waals surface area contributed by atoms with E-state index < -0.39 is 96.9 Å². The lowest BCUT2D eigenvalue weighted by molar-refractivity contribution is -0.458. The lowest BCUT2D eigenvalue weighted by atomic mass is 9.91. The minimum absolute atomic E-state index is 0.247. The molecule has 23 heteroatoms. The van der Waals surface area contributed by atoms with E-state index in [1.807, 2.05) is 0 Å². The van der Waals surface area contributed by atoms with Crippen LogP contribution >= 0.6 is 10.3 Å². The van der Waals surface area contributed by atoms with Crippen LogP contribution in [0.3, 0.4) is 0 Å². The molecule has 0 saturated carbocycles. The summed E-state index contributed by atoms with van der Waals surface area (Å²) in [5.41, 5.74) is 0.247. The second kappa shape index (κ2) is 10.8. The average molecular weight is 706 g/mol. The van der Waals surface area contributed by atoms with Crippen molar-refractivity contribution in [3.63, 3.8) is 0 Å². The van der Waals surface area contributed by atoms with Gasteiger partial charge in [0.1, 0.15) is 0 Å². The van der Waals surface area contributed by atoms with Gasteiger partial charge in [-0.2, -0.15) is 83.1 Å². The molecule has 2 rings (SSSR count). The number of hydrogen-bond donors (Lipinski definition) is 0. The number of aryl methyl sites for hydroxylation is 1. The summed E-state index contributed by atoms with van der Waals surface area (Å²) in [7, 11) is -12.0. The average Bonchev–Trinajstić information content (AvgIpc) is 3.20. The SMILES string of the molecule is O=C1CCCS1(CCc1ccccc1)OS(=O)(=O)C(F)(F)C(F)(F)C(F)(F)C(F)(F)C(F)(F)C(F)(F)C(F)(F)C(F)(F)F. The summed E-state index contributed by atoms with van der Waals surface area (Å²) in [5, 5.41) is -9.15. The van der Waals surface area contributed by atoms with E-state index in [2.05, 4.69) is 3.63 Å². The Balaban J connectivity index is 2.58. The van der Waals surface area contributed by atoms with E-state index in [4.69, 9.17) is 0 Å². The van der Waals surface area contributed by atoms with Gasteiger partial charge in [0.2, 0.25) is 0 Å². The van der Waals surface area contributed by atoms with E-state index >= 15 is 0 Å². The zero-order chi connectivity index (χ0) is 33.9. The van der Waals surface area contributed by atoms with Crippen LogP contribution in [-0.2, 0) is 25.0 Å². The van der Waals surface area contributed by atoms with Gasteiger partial charge >= 0.3 is 57.1 Å². The molecule has 1 unspecified atom stereocenters. The van der Waals surface area contributed by atoms with E-state index in [1.54, 1.807) is 0 Å². The van der Waals surface area contributed by atoms with Crippen molar-refractivity contribution < 1.29 is 91.5 Å². The maximum absolute atomic E-state index is 14.5. The smallest absolute Gasteiger partial charge is 0.287 e. The number of hydrogen-bond acceptors (Lipinski definition) is 4. The van der Waals surface area contributed by atoms with Crippen LogP contribution in [0.15, 0.2) is 30.3 Å². The molecule has 0 radical (unpaired) electrons.